The van der Waals surface area contributed by atoms with Crippen LogP contribution in [0.15, 0.2) is 30.4 Å². The molecule has 0 N–H and O–H groups in total. The van der Waals surface area contributed by atoms with Gasteiger partial charge in [0, 0.05) is 5.56 Å². The summed E-state index contributed by atoms with van der Waals surface area (Å²) in [5.74, 6) is -1.26. The van der Waals surface area contributed by atoms with Crippen molar-refractivity contribution in [2.24, 2.45) is 11.8 Å². The van der Waals surface area contributed by atoms with Crippen LogP contribution in [0.2, 0.25) is 0 Å². The van der Waals surface area contributed by atoms with Crippen molar-refractivity contribution in [3.63, 3.8) is 0 Å². The number of fused-ring (bicyclic) bond motifs is 5. The van der Waals surface area contributed by atoms with Gasteiger partial charge in [0.25, 0.3) is 0 Å². The molecule has 0 aromatic heterocycles. The smallest absolute Gasteiger partial charge is 0.240 e. The molecule has 3 aliphatic rings. The molecule has 0 radical (unpaired) electrons. The number of carbonyl (C=O) groups is 3. The van der Waals surface area contributed by atoms with E-state index >= 15 is 0 Å². The summed E-state index contributed by atoms with van der Waals surface area (Å²) in [7, 11) is 0. The van der Waals surface area contributed by atoms with E-state index in [1.807, 2.05) is 19.1 Å². The van der Waals surface area contributed by atoms with Crippen LogP contribution in [0.4, 0.5) is 5.69 Å². The van der Waals surface area contributed by atoms with E-state index in [0.29, 0.717) is 23.6 Å². The molecular formula is C18H17NO5. The number of carbonyl (C=O) groups excluding carboxylic acids is 3. The van der Waals surface area contributed by atoms with Crippen LogP contribution in [0.3, 0.4) is 0 Å². The first-order valence-corrected chi connectivity index (χ1v) is 8.02. The van der Waals surface area contributed by atoms with Crippen molar-refractivity contribution in [3.05, 3.63) is 35.9 Å². The van der Waals surface area contributed by atoms with E-state index in [-0.39, 0.29) is 29.8 Å². The summed E-state index contributed by atoms with van der Waals surface area (Å²) in [4.78, 5) is 38.6. The van der Waals surface area contributed by atoms with Gasteiger partial charge in [-0.05, 0) is 32.0 Å². The number of nitrogens with zero attached hydrogens (tertiary/aromatic N) is 1. The second-order valence-corrected chi connectivity index (χ2v) is 6.19. The van der Waals surface area contributed by atoms with Gasteiger partial charge in [-0.1, -0.05) is 12.2 Å². The van der Waals surface area contributed by atoms with Gasteiger partial charge in [0.15, 0.2) is 5.78 Å². The van der Waals surface area contributed by atoms with Gasteiger partial charge in [0.05, 0.1) is 36.3 Å². The first kappa shape index (κ1) is 15.1. The number of benzene rings is 1. The minimum Gasteiger partial charge on any atom is -0.492 e. The Kier molecular flexibility index (Phi) is 3.31. The Balaban J connectivity index is 1.78. The van der Waals surface area contributed by atoms with E-state index in [9.17, 15) is 14.4 Å². The molecule has 24 heavy (non-hydrogen) atoms. The standard InChI is InChI=1S/C18H17NO5/c1-3-23-12-5-4-10(9(2)20)8-11(12)19-17(21)15-13-6-7-14(24-13)16(15)18(19)22/h4-8,13-16H,3H2,1-2H3/t13-,14-,15-,16+/m0/s1. The second kappa shape index (κ2) is 5.27. The van der Waals surface area contributed by atoms with Gasteiger partial charge in [-0.15, -0.1) is 0 Å². The summed E-state index contributed by atoms with van der Waals surface area (Å²) in [6.07, 6.45) is 3.01. The van der Waals surface area contributed by atoms with E-state index in [0.717, 1.165) is 0 Å². The van der Waals surface area contributed by atoms with E-state index in [1.54, 1.807) is 18.2 Å². The van der Waals surface area contributed by atoms with E-state index < -0.39 is 11.8 Å². The number of ketones is 1. The highest BCUT2D eigenvalue weighted by Crippen LogP contribution is 2.47. The van der Waals surface area contributed by atoms with E-state index in [4.69, 9.17) is 9.47 Å². The Morgan fingerprint density at radius 2 is 1.79 bits per heavy atom. The monoisotopic (exact) mass is 327 g/mol. The summed E-state index contributed by atoms with van der Waals surface area (Å²) in [5, 5.41) is 0. The highest BCUT2D eigenvalue weighted by atomic mass is 16.5. The first-order chi connectivity index (χ1) is 11.5. The Labute approximate surface area is 139 Å². The average Bonchev–Trinajstić information content (AvgIpc) is 3.22. The van der Waals surface area contributed by atoms with Crippen LogP contribution in [0.25, 0.3) is 0 Å². The summed E-state index contributed by atoms with van der Waals surface area (Å²) >= 11 is 0. The third-order valence-corrected chi connectivity index (χ3v) is 4.82. The Bertz CT molecular complexity index is 754. The molecule has 6 heteroatoms. The molecule has 1 aromatic carbocycles. The zero-order valence-electron chi connectivity index (χ0n) is 13.4. The summed E-state index contributed by atoms with van der Waals surface area (Å²) in [5.41, 5.74) is 0.775. The van der Waals surface area contributed by atoms with E-state index in [2.05, 4.69) is 0 Å². The predicted molar refractivity (Wildman–Crippen MR) is 84.9 cm³/mol. The zero-order chi connectivity index (χ0) is 17.0. The zero-order valence-corrected chi connectivity index (χ0v) is 13.4. The number of imide groups is 1. The number of hydrogen-bond donors (Lipinski definition) is 0. The lowest BCUT2D eigenvalue weighted by atomic mass is 9.85. The minimum absolute atomic E-state index is 0.136. The van der Waals surface area contributed by atoms with Crippen molar-refractivity contribution < 1.29 is 23.9 Å². The van der Waals surface area contributed by atoms with Crippen LogP contribution in [0, 0.1) is 11.8 Å². The maximum atomic E-state index is 12.9. The maximum Gasteiger partial charge on any atom is 0.240 e. The first-order valence-electron chi connectivity index (χ1n) is 8.02. The molecule has 0 unspecified atom stereocenters. The normalized spacial score (nSPS) is 30.2. The van der Waals surface area contributed by atoms with Crippen LogP contribution >= 0.6 is 0 Å². The third kappa shape index (κ3) is 1.96. The Hall–Kier alpha value is -2.47. The largest absolute Gasteiger partial charge is 0.492 e. The van der Waals surface area contributed by atoms with Gasteiger partial charge in [0.1, 0.15) is 5.75 Å². The van der Waals surface area contributed by atoms with Crippen molar-refractivity contribution >= 4 is 23.3 Å². The van der Waals surface area contributed by atoms with Crippen LogP contribution in [0.1, 0.15) is 24.2 Å². The molecule has 0 aliphatic carbocycles. The maximum absolute atomic E-state index is 12.9. The van der Waals surface area contributed by atoms with Gasteiger partial charge in [-0.3, -0.25) is 14.4 Å². The summed E-state index contributed by atoms with van der Waals surface area (Å²) < 4.78 is 11.2. The number of rotatable bonds is 4. The average molecular weight is 327 g/mol. The molecule has 0 saturated carbocycles. The molecule has 1 aromatic rings. The number of amides is 2. The summed E-state index contributed by atoms with van der Waals surface area (Å²) in [6.45, 7) is 3.66. The van der Waals surface area contributed by atoms with Crippen LogP contribution in [-0.2, 0) is 14.3 Å². The van der Waals surface area contributed by atoms with Gasteiger partial charge in [-0.25, -0.2) is 4.90 Å². The number of ether oxygens (including phenoxy) is 2. The highest BCUT2D eigenvalue weighted by Gasteiger charge is 2.61. The van der Waals surface area contributed by atoms with Crippen molar-refractivity contribution in [2.45, 2.75) is 26.1 Å². The second-order valence-electron chi connectivity index (χ2n) is 6.19. The molecule has 6 nitrogen and oxygen atoms in total. The van der Waals surface area contributed by atoms with Crippen LogP contribution < -0.4 is 9.64 Å². The van der Waals surface area contributed by atoms with E-state index in [1.165, 1.54) is 11.8 Å². The third-order valence-electron chi connectivity index (χ3n) is 4.82. The van der Waals surface area contributed by atoms with Gasteiger partial charge in [0.2, 0.25) is 11.8 Å². The lowest BCUT2D eigenvalue weighted by molar-refractivity contribution is -0.124. The van der Waals surface area contributed by atoms with Crippen LogP contribution in [0.5, 0.6) is 5.75 Å². The molecule has 2 bridgehead atoms. The van der Waals surface area contributed by atoms with Gasteiger partial charge in [-0.2, -0.15) is 0 Å². The van der Waals surface area contributed by atoms with Gasteiger partial charge < -0.3 is 9.47 Å². The fourth-order valence-corrected chi connectivity index (χ4v) is 3.73. The molecule has 3 aliphatic heterocycles. The molecule has 2 amide bonds. The van der Waals surface area contributed by atoms with Crippen molar-refractivity contribution in [1.82, 2.24) is 0 Å². The molecule has 4 atom stereocenters. The molecule has 2 saturated heterocycles. The predicted octanol–water partition coefficient (Wildman–Crippen LogP) is 1.73. The molecule has 0 spiro atoms. The fourth-order valence-electron chi connectivity index (χ4n) is 3.73. The Morgan fingerprint density at radius 3 is 2.33 bits per heavy atom. The van der Waals surface area contributed by atoms with Crippen LogP contribution in [-0.4, -0.2) is 36.4 Å². The van der Waals surface area contributed by atoms with Crippen molar-refractivity contribution in [1.29, 1.82) is 0 Å². The SMILES string of the molecule is CCOc1ccc(C(C)=O)cc1N1C(=O)[C@@H]2[C@H](C1=O)[C@@H]1C=C[C@@H]2O1. The molecule has 124 valence electrons. The quantitative estimate of drug-likeness (QED) is 0.478. The fraction of sp³-hybridized carbons (Fsp3) is 0.389. The molecule has 4 rings (SSSR count). The number of hydrogen-bond acceptors (Lipinski definition) is 5. The topological polar surface area (TPSA) is 72.9 Å². The molecule has 3 heterocycles. The number of anilines is 1. The van der Waals surface area contributed by atoms with Gasteiger partial charge >= 0.3 is 0 Å². The van der Waals surface area contributed by atoms with Crippen molar-refractivity contribution in [2.75, 3.05) is 11.5 Å². The molecule has 2 fully saturated rings. The lowest BCUT2D eigenvalue weighted by Gasteiger charge is -2.21. The molecular weight excluding hydrogens is 310 g/mol. The lowest BCUT2D eigenvalue weighted by Crippen LogP contribution is -2.34. The van der Waals surface area contributed by atoms with Crippen molar-refractivity contribution in [3.8, 4) is 5.75 Å². The highest BCUT2D eigenvalue weighted by molar-refractivity contribution is 6.24. The Morgan fingerprint density at radius 1 is 1.17 bits per heavy atom. The minimum atomic E-state index is -0.483. The number of Topliss-reactive ketones (excluding diaryl/α,β-unsaturated/α-hetero) is 1. The summed E-state index contributed by atoms with van der Waals surface area (Å²) in [6, 6.07) is 4.82.